The first-order chi connectivity index (χ1) is 9.61. The Bertz CT molecular complexity index is 367. The van der Waals surface area contributed by atoms with Gasteiger partial charge in [-0.2, -0.15) is 0 Å². The van der Waals surface area contributed by atoms with Gasteiger partial charge in [0.05, 0.1) is 12.2 Å². The summed E-state index contributed by atoms with van der Waals surface area (Å²) in [4.78, 5) is 0. The lowest BCUT2D eigenvalue weighted by Crippen LogP contribution is -2.25. The Balaban J connectivity index is 3.84. The first-order valence-electron chi connectivity index (χ1n) is 7.27. The zero-order valence-electron chi connectivity index (χ0n) is 12.3. The van der Waals surface area contributed by atoms with E-state index in [0.29, 0.717) is 6.42 Å². The minimum absolute atomic E-state index is 0.189. The molecule has 0 saturated carbocycles. The van der Waals surface area contributed by atoms with Gasteiger partial charge < -0.3 is 15.3 Å². The van der Waals surface area contributed by atoms with Crippen molar-refractivity contribution in [1.29, 1.82) is 0 Å². The van der Waals surface area contributed by atoms with Crippen molar-refractivity contribution in [3.8, 4) is 23.7 Å². The SMILES string of the molecule is C=C[C@@H](O)C#CC#CC[C@H](O)[C@@H](O)CCCCCCC. The largest absolute Gasteiger partial charge is 0.390 e. The molecule has 0 spiro atoms. The zero-order valence-corrected chi connectivity index (χ0v) is 12.3. The van der Waals surface area contributed by atoms with E-state index in [9.17, 15) is 10.2 Å². The van der Waals surface area contributed by atoms with Crippen molar-refractivity contribution in [3.63, 3.8) is 0 Å². The molecule has 0 aromatic rings. The van der Waals surface area contributed by atoms with Crippen molar-refractivity contribution in [2.45, 2.75) is 70.2 Å². The predicted molar refractivity (Wildman–Crippen MR) is 81.8 cm³/mol. The third-order valence-electron chi connectivity index (χ3n) is 2.95. The Morgan fingerprint density at radius 1 is 1.00 bits per heavy atom. The van der Waals surface area contributed by atoms with Crippen molar-refractivity contribution in [2.24, 2.45) is 0 Å². The number of rotatable bonds is 9. The number of hydrogen-bond donors (Lipinski definition) is 3. The number of unbranched alkanes of at least 4 members (excludes halogenated alkanes) is 4. The molecule has 112 valence electrons. The van der Waals surface area contributed by atoms with Gasteiger partial charge in [-0.1, -0.05) is 63.5 Å². The summed E-state index contributed by atoms with van der Waals surface area (Å²) in [6.45, 7) is 5.55. The van der Waals surface area contributed by atoms with Crippen LogP contribution in [-0.4, -0.2) is 33.6 Å². The molecule has 0 bridgehead atoms. The van der Waals surface area contributed by atoms with Gasteiger partial charge in [0.15, 0.2) is 0 Å². The molecule has 0 aliphatic carbocycles. The van der Waals surface area contributed by atoms with E-state index in [1.54, 1.807) is 0 Å². The van der Waals surface area contributed by atoms with Crippen LogP contribution in [0.3, 0.4) is 0 Å². The molecule has 0 radical (unpaired) electrons. The summed E-state index contributed by atoms with van der Waals surface area (Å²) in [7, 11) is 0. The van der Waals surface area contributed by atoms with Gasteiger partial charge >= 0.3 is 0 Å². The van der Waals surface area contributed by atoms with E-state index in [0.717, 1.165) is 12.8 Å². The van der Waals surface area contributed by atoms with Crippen LogP contribution in [0.1, 0.15) is 51.9 Å². The topological polar surface area (TPSA) is 60.7 Å². The summed E-state index contributed by atoms with van der Waals surface area (Å²) in [5, 5.41) is 28.5. The molecular formula is C17H26O3. The standard InChI is InChI=1S/C17H26O3/c1-3-5-6-7-10-13-16(19)17(20)14-11-8-9-12-15(18)4-2/h4,15-20H,2-3,5-7,10,13-14H2,1H3/t15-,16+,17+/m1/s1. The molecule has 0 aromatic heterocycles. The van der Waals surface area contributed by atoms with E-state index >= 15 is 0 Å². The molecule has 3 atom stereocenters. The molecule has 3 heteroatoms. The Kier molecular flexibility index (Phi) is 12.0. The summed E-state index contributed by atoms with van der Waals surface area (Å²) in [5.74, 6) is 10.1. The van der Waals surface area contributed by atoms with Crippen LogP contribution in [0, 0.1) is 23.7 Å². The summed E-state index contributed by atoms with van der Waals surface area (Å²) < 4.78 is 0. The molecule has 0 aliphatic rings. The summed E-state index contributed by atoms with van der Waals surface area (Å²) in [5.41, 5.74) is 0. The van der Waals surface area contributed by atoms with E-state index in [2.05, 4.69) is 37.2 Å². The van der Waals surface area contributed by atoms with E-state index in [1.807, 2.05) is 0 Å². The van der Waals surface area contributed by atoms with Gasteiger partial charge in [-0.15, -0.1) is 0 Å². The van der Waals surface area contributed by atoms with Crippen LogP contribution < -0.4 is 0 Å². The predicted octanol–water partition coefficient (Wildman–Crippen LogP) is 2.01. The van der Waals surface area contributed by atoms with Crippen LogP contribution >= 0.6 is 0 Å². The first kappa shape index (κ1) is 18.7. The highest BCUT2D eigenvalue weighted by molar-refractivity contribution is 5.28. The maximum Gasteiger partial charge on any atom is 0.134 e. The fraction of sp³-hybridized carbons (Fsp3) is 0.647. The normalized spacial score (nSPS) is 14.2. The Hall–Kier alpha value is -1.26. The molecule has 0 amide bonds. The molecule has 0 heterocycles. The quantitative estimate of drug-likeness (QED) is 0.343. The molecule has 20 heavy (non-hydrogen) atoms. The summed E-state index contributed by atoms with van der Waals surface area (Å²) in [6.07, 6.45) is 5.29. The number of aliphatic hydroxyl groups excluding tert-OH is 3. The molecule has 0 aliphatic heterocycles. The fourth-order valence-corrected chi connectivity index (χ4v) is 1.65. The minimum Gasteiger partial charge on any atom is -0.390 e. The van der Waals surface area contributed by atoms with Gasteiger partial charge in [-0.3, -0.25) is 0 Å². The van der Waals surface area contributed by atoms with E-state index in [4.69, 9.17) is 5.11 Å². The van der Waals surface area contributed by atoms with Crippen LogP contribution in [-0.2, 0) is 0 Å². The van der Waals surface area contributed by atoms with Gasteiger partial charge in [0.1, 0.15) is 6.10 Å². The third-order valence-corrected chi connectivity index (χ3v) is 2.95. The molecule has 0 saturated heterocycles. The van der Waals surface area contributed by atoms with Crippen LogP contribution in [0.4, 0.5) is 0 Å². The lowest BCUT2D eigenvalue weighted by atomic mass is 10.0. The van der Waals surface area contributed by atoms with Crippen LogP contribution in [0.2, 0.25) is 0 Å². The number of aliphatic hydroxyl groups is 3. The first-order valence-corrected chi connectivity index (χ1v) is 7.27. The molecule has 0 rings (SSSR count). The second kappa shape index (κ2) is 12.8. The lowest BCUT2D eigenvalue weighted by Gasteiger charge is -2.15. The average Bonchev–Trinajstić information content (AvgIpc) is 2.45. The molecule has 3 nitrogen and oxygen atoms in total. The van der Waals surface area contributed by atoms with Crippen molar-refractivity contribution in [2.75, 3.05) is 0 Å². The van der Waals surface area contributed by atoms with Gasteiger partial charge in [0.2, 0.25) is 0 Å². The smallest absolute Gasteiger partial charge is 0.134 e. The highest BCUT2D eigenvalue weighted by Crippen LogP contribution is 2.10. The minimum atomic E-state index is -0.872. The third kappa shape index (κ3) is 10.6. The van der Waals surface area contributed by atoms with Crippen molar-refractivity contribution in [1.82, 2.24) is 0 Å². The Labute approximate surface area is 122 Å². The molecule has 0 aromatic carbocycles. The summed E-state index contributed by atoms with van der Waals surface area (Å²) >= 11 is 0. The monoisotopic (exact) mass is 278 g/mol. The summed E-state index contributed by atoms with van der Waals surface area (Å²) in [6, 6.07) is 0. The second-order valence-electron chi connectivity index (χ2n) is 4.79. The molecule has 3 N–H and O–H groups in total. The molecular weight excluding hydrogens is 252 g/mol. The maximum absolute atomic E-state index is 9.75. The fourth-order valence-electron chi connectivity index (χ4n) is 1.65. The van der Waals surface area contributed by atoms with Crippen LogP contribution in [0.25, 0.3) is 0 Å². The van der Waals surface area contributed by atoms with Gasteiger partial charge in [-0.25, -0.2) is 0 Å². The lowest BCUT2D eigenvalue weighted by molar-refractivity contribution is 0.0165. The Morgan fingerprint density at radius 2 is 1.70 bits per heavy atom. The van der Waals surface area contributed by atoms with Gasteiger partial charge in [-0.05, 0) is 18.3 Å². The maximum atomic E-state index is 9.75. The van der Waals surface area contributed by atoms with Crippen molar-refractivity contribution in [3.05, 3.63) is 12.7 Å². The van der Waals surface area contributed by atoms with Crippen LogP contribution in [0.15, 0.2) is 12.7 Å². The number of hydrogen-bond acceptors (Lipinski definition) is 3. The Morgan fingerprint density at radius 3 is 2.35 bits per heavy atom. The van der Waals surface area contributed by atoms with E-state index < -0.39 is 18.3 Å². The zero-order chi connectivity index (χ0) is 15.2. The van der Waals surface area contributed by atoms with Crippen LogP contribution in [0.5, 0.6) is 0 Å². The highest BCUT2D eigenvalue weighted by Gasteiger charge is 2.14. The van der Waals surface area contributed by atoms with Gasteiger partial charge in [0, 0.05) is 6.42 Å². The average molecular weight is 278 g/mol. The van der Waals surface area contributed by atoms with E-state index in [-0.39, 0.29) is 6.42 Å². The second-order valence-corrected chi connectivity index (χ2v) is 4.79. The van der Waals surface area contributed by atoms with Crippen molar-refractivity contribution >= 4 is 0 Å². The molecule has 0 unspecified atom stereocenters. The molecule has 0 fully saturated rings. The van der Waals surface area contributed by atoms with E-state index in [1.165, 1.54) is 25.3 Å². The highest BCUT2D eigenvalue weighted by atomic mass is 16.3. The van der Waals surface area contributed by atoms with Gasteiger partial charge in [0.25, 0.3) is 0 Å². The van der Waals surface area contributed by atoms with Crippen molar-refractivity contribution < 1.29 is 15.3 Å².